The summed E-state index contributed by atoms with van der Waals surface area (Å²) in [5.74, 6) is 0. The van der Waals surface area contributed by atoms with Gasteiger partial charge < -0.3 is 14.3 Å². The van der Waals surface area contributed by atoms with E-state index in [0.717, 1.165) is 16.7 Å². The Bertz CT molecular complexity index is 578. The standard InChI is InChI=1S/C17H25BN2O2/c1-8-15(19-20(6)7)13-10-9-11-14(12-13)18-21-16(2,3)17(4,5)22-18/h8-12H,1H2,2-7H3/b19-15+. The van der Waals surface area contributed by atoms with Crippen LogP contribution in [0.25, 0.3) is 0 Å². The predicted molar refractivity (Wildman–Crippen MR) is 92.6 cm³/mol. The van der Waals surface area contributed by atoms with E-state index in [1.54, 1.807) is 11.1 Å². The first-order valence-corrected chi connectivity index (χ1v) is 7.50. The Balaban J connectivity index is 2.32. The summed E-state index contributed by atoms with van der Waals surface area (Å²) in [5.41, 5.74) is 2.13. The first-order valence-electron chi connectivity index (χ1n) is 7.50. The van der Waals surface area contributed by atoms with Gasteiger partial charge in [-0.3, -0.25) is 0 Å². The molecule has 1 fully saturated rings. The molecule has 22 heavy (non-hydrogen) atoms. The van der Waals surface area contributed by atoms with Gasteiger partial charge in [-0.25, -0.2) is 0 Å². The molecule has 0 unspecified atom stereocenters. The third-order valence-corrected chi connectivity index (χ3v) is 4.21. The van der Waals surface area contributed by atoms with Crippen molar-refractivity contribution in [2.24, 2.45) is 5.10 Å². The first-order chi connectivity index (χ1) is 10.2. The minimum atomic E-state index is -0.365. The summed E-state index contributed by atoms with van der Waals surface area (Å²) in [4.78, 5) is 0. The zero-order chi connectivity index (χ0) is 16.5. The topological polar surface area (TPSA) is 34.1 Å². The summed E-state index contributed by atoms with van der Waals surface area (Å²) in [6, 6.07) is 8.07. The molecule has 0 aliphatic carbocycles. The highest BCUT2D eigenvalue weighted by Gasteiger charge is 2.51. The lowest BCUT2D eigenvalue weighted by molar-refractivity contribution is 0.00578. The fourth-order valence-corrected chi connectivity index (χ4v) is 2.26. The molecule has 0 bridgehead atoms. The molecule has 1 aromatic rings. The van der Waals surface area contributed by atoms with Crippen LogP contribution in [0.2, 0.25) is 0 Å². The van der Waals surface area contributed by atoms with Crippen molar-refractivity contribution < 1.29 is 9.31 Å². The second-order valence-electron chi connectivity index (χ2n) is 6.75. The number of nitrogens with zero attached hydrogens (tertiary/aromatic N) is 2. The molecule has 0 atom stereocenters. The van der Waals surface area contributed by atoms with Gasteiger partial charge in [0, 0.05) is 19.7 Å². The normalized spacial score (nSPS) is 20.1. The Morgan fingerprint density at radius 3 is 2.27 bits per heavy atom. The van der Waals surface area contributed by atoms with Gasteiger partial charge in [-0.1, -0.05) is 30.8 Å². The van der Waals surface area contributed by atoms with Crippen LogP contribution in [0.15, 0.2) is 42.0 Å². The van der Waals surface area contributed by atoms with E-state index >= 15 is 0 Å². The van der Waals surface area contributed by atoms with Crippen LogP contribution in [0.1, 0.15) is 33.3 Å². The van der Waals surface area contributed by atoms with E-state index in [0.29, 0.717) is 0 Å². The van der Waals surface area contributed by atoms with Gasteiger partial charge in [-0.05, 0) is 39.2 Å². The van der Waals surface area contributed by atoms with E-state index in [2.05, 4.69) is 39.4 Å². The summed E-state index contributed by atoms with van der Waals surface area (Å²) in [7, 11) is 3.42. The van der Waals surface area contributed by atoms with Crippen LogP contribution in [0.5, 0.6) is 0 Å². The molecule has 1 aliphatic rings. The lowest BCUT2D eigenvalue weighted by Gasteiger charge is -2.32. The van der Waals surface area contributed by atoms with Crippen LogP contribution in [-0.2, 0) is 9.31 Å². The largest absolute Gasteiger partial charge is 0.494 e. The minimum Gasteiger partial charge on any atom is -0.399 e. The number of allylic oxidation sites excluding steroid dienone is 1. The average molecular weight is 300 g/mol. The van der Waals surface area contributed by atoms with E-state index in [4.69, 9.17) is 9.31 Å². The Kier molecular flexibility index (Phi) is 4.50. The molecule has 1 aliphatic heterocycles. The van der Waals surface area contributed by atoms with Gasteiger partial charge in [-0.15, -0.1) is 0 Å². The lowest BCUT2D eigenvalue weighted by atomic mass is 9.78. The van der Waals surface area contributed by atoms with Crippen LogP contribution in [0, 0.1) is 0 Å². The monoisotopic (exact) mass is 300 g/mol. The zero-order valence-electron chi connectivity index (χ0n) is 14.4. The van der Waals surface area contributed by atoms with Crippen molar-refractivity contribution in [3.63, 3.8) is 0 Å². The summed E-state index contributed by atoms with van der Waals surface area (Å²) in [6.07, 6.45) is 1.75. The molecule has 0 amide bonds. The molecule has 1 heterocycles. The van der Waals surface area contributed by atoms with Crippen molar-refractivity contribution in [2.45, 2.75) is 38.9 Å². The van der Waals surface area contributed by atoms with E-state index in [1.165, 1.54) is 0 Å². The van der Waals surface area contributed by atoms with Crippen molar-refractivity contribution in [1.29, 1.82) is 0 Å². The van der Waals surface area contributed by atoms with Crippen molar-refractivity contribution in [3.8, 4) is 0 Å². The quantitative estimate of drug-likeness (QED) is 0.486. The molecular weight excluding hydrogens is 275 g/mol. The van der Waals surface area contributed by atoms with Gasteiger partial charge in [0.15, 0.2) is 0 Å². The zero-order valence-corrected chi connectivity index (χ0v) is 14.4. The van der Waals surface area contributed by atoms with Crippen LogP contribution in [0.3, 0.4) is 0 Å². The molecule has 4 nitrogen and oxygen atoms in total. The SMILES string of the molecule is C=C/C(=N\N(C)C)c1cccc(B2OC(C)(C)C(C)(C)O2)c1. The van der Waals surface area contributed by atoms with E-state index in [9.17, 15) is 0 Å². The summed E-state index contributed by atoms with van der Waals surface area (Å²) < 4.78 is 12.2. The maximum absolute atomic E-state index is 6.10. The molecule has 1 saturated heterocycles. The second kappa shape index (κ2) is 5.90. The smallest absolute Gasteiger partial charge is 0.399 e. The van der Waals surface area contributed by atoms with Gasteiger partial charge >= 0.3 is 7.12 Å². The van der Waals surface area contributed by atoms with Crippen LogP contribution in [-0.4, -0.2) is 43.1 Å². The molecule has 1 aromatic carbocycles. The van der Waals surface area contributed by atoms with E-state index < -0.39 is 0 Å². The molecule has 0 N–H and O–H groups in total. The van der Waals surface area contributed by atoms with Crippen LogP contribution in [0.4, 0.5) is 0 Å². The Hall–Kier alpha value is -1.59. The second-order valence-corrected chi connectivity index (χ2v) is 6.75. The number of hydrogen-bond donors (Lipinski definition) is 0. The molecule has 0 saturated carbocycles. The van der Waals surface area contributed by atoms with E-state index in [-0.39, 0.29) is 18.3 Å². The highest BCUT2D eigenvalue weighted by molar-refractivity contribution is 6.62. The molecule has 0 aromatic heterocycles. The van der Waals surface area contributed by atoms with Gasteiger partial charge in [0.25, 0.3) is 0 Å². The highest BCUT2D eigenvalue weighted by atomic mass is 16.7. The predicted octanol–water partition coefficient (Wildman–Crippen LogP) is 2.44. The number of benzene rings is 1. The minimum absolute atomic E-state index is 0.341. The first kappa shape index (κ1) is 16.8. The maximum atomic E-state index is 6.10. The third kappa shape index (κ3) is 3.26. The van der Waals surface area contributed by atoms with Gasteiger partial charge in [0.1, 0.15) is 0 Å². The number of rotatable bonds is 4. The average Bonchev–Trinajstić information content (AvgIpc) is 2.65. The lowest BCUT2D eigenvalue weighted by Crippen LogP contribution is -2.41. The summed E-state index contributed by atoms with van der Waals surface area (Å²) >= 11 is 0. The number of hydrogen-bond acceptors (Lipinski definition) is 4. The molecule has 5 heteroatoms. The third-order valence-electron chi connectivity index (χ3n) is 4.21. The van der Waals surface area contributed by atoms with Crippen LogP contribution < -0.4 is 5.46 Å². The van der Waals surface area contributed by atoms with Crippen molar-refractivity contribution in [1.82, 2.24) is 5.01 Å². The summed E-state index contributed by atoms with van der Waals surface area (Å²) in [6.45, 7) is 12.1. The van der Waals surface area contributed by atoms with Gasteiger partial charge in [-0.2, -0.15) is 5.10 Å². The molecule has 0 radical (unpaired) electrons. The summed E-state index contributed by atoms with van der Waals surface area (Å²) in [5, 5.41) is 6.20. The van der Waals surface area contributed by atoms with E-state index in [1.807, 2.05) is 38.4 Å². The molecule has 2 rings (SSSR count). The van der Waals surface area contributed by atoms with Gasteiger partial charge in [0.05, 0.1) is 16.9 Å². The Labute approximate surface area is 133 Å². The van der Waals surface area contributed by atoms with Crippen LogP contribution >= 0.6 is 0 Å². The number of hydrazone groups is 1. The fraction of sp³-hybridized carbons (Fsp3) is 0.471. The molecule has 118 valence electrons. The molecular formula is C17H25BN2O2. The molecule has 0 spiro atoms. The van der Waals surface area contributed by atoms with Gasteiger partial charge in [0.2, 0.25) is 0 Å². The van der Waals surface area contributed by atoms with Crippen molar-refractivity contribution >= 4 is 18.3 Å². The van der Waals surface area contributed by atoms with Crippen molar-refractivity contribution in [2.75, 3.05) is 14.1 Å². The Morgan fingerprint density at radius 2 is 1.77 bits per heavy atom. The van der Waals surface area contributed by atoms with Crippen molar-refractivity contribution in [3.05, 3.63) is 42.5 Å². The highest BCUT2D eigenvalue weighted by Crippen LogP contribution is 2.36. The Morgan fingerprint density at radius 1 is 1.18 bits per heavy atom. The maximum Gasteiger partial charge on any atom is 0.494 e. The fourth-order valence-electron chi connectivity index (χ4n) is 2.26.